The van der Waals surface area contributed by atoms with Gasteiger partial charge >= 0.3 is 0 Å². The highest BCUT2D eigenvalue weighted by Crippen LogP contribution is 2.36. The molecule has 2 heteroatoms. The first-order valence-electron chi connectivity index (χ1n) is 7.72. The molecule has 0 fully saturated rings. The summed E-state index contributed by atoms with van der Waals surface area (Å²) in [6.45, 7) is 7.16. The Morgan fingerprint density at radius 3 is 2.43 bits per heavy atom. The van der Waals surface area contributed by atoms with Gasteiger partial charge in [0.25, 0.3) is 0 Å². The summed E-state index contributed by atoms with van der Waals surface area (Å²) in [5, 5.41) is 0.779. The lowest BCUT2D eigenvalue weighted by atomic mass is 9.87. The molecule has 0 aliphatic heterocycles. The van der Waals surface area contributed by atoms with Gasteiger partial charge in [-0.2, -0.15) is 0 Å². The van der Waals surface area contributed by atoms with Crippen LogP contribution in [0.3, 0.4) is 0 Å². The van der Waals surface area contributed by atoms with Crippen molar-refractivity contribution in [3.8, 4) is 16.9 Å². The molecule has 0 unspecified atom stereocenters. The zero-order valence-electron chi connectivity index (χ0n) is 13.0. The predicted octanol–water partition coefficient (Wildman–Crippen LogP) is 6.31. The highest BCUT2D eigenvalue weighted by atomic mass is 35.5. The van der Waals surface area contributed by atoms with Gasteiger partial charge in [-0.05, 0) is 66.6 Å². The first-order valence-corrected chi connectivity index (χ1v) is 8.10. The van der Waals surface area contributed by atoms with Crippen molar-refractivity contribution in [2.24, 2.45) is 0 Å². The van der Waals surface area contributed by atoms with Crippen LogP contribution >= 0.6 is 11.6 Å². The molecule has 2 rings (SSSR count). The van der Waals surface area contributed by atoms with Gasteiger partial charge in [0.05, 0.1) is 6.61 Å². The van der Waals surface area contributed by atoms with Crippen LogP contribution in [0.2, 0.25) is 5.02 Å². The lowest BCUT2D eigenvalue weighted by molar-refractivity contribution is 0.340. The average Bonchev–Trinajstić information content (AvgIpc) is 2.50. The Bertz CT molecular complexity index is 588. The molecular weight excluding hydrogens is 280 g/mol. The van der Waals surface area contributed by atoms with Gasteiger partial charge in [0.15, 0.2) is 0 Å². The number of ether oxygens (including phenoxy) is 1. The Labute approximate surface area is 132 Å². The molecule has 0 N–H and O–H groups in total. The van der Waals surface area contributed by atoms with Crippen molar-refractivity contribution in [2.45, 2.75) is 39.5 Å². The van der Waals surface area contributed by atoms with E-state index in [9.17, 15) is 0 Å². The van der Waals surface area contributed by atoms with E-state index in [1.807, 2.05) is 25.1 Å². The Morgan fingerprint density at radius 2 is 1.76 bits per heavy atom. The molecule has 0 saturated heterocycles. The minimum Gasteiger partial charge on any atom is -0.494 e. The van der Waals surface area contributed by atoms with Gasteiger partial charge in [0, 0.05) is 5.02 Å². The minimum atomic E-state index is 0.563. The Hall–Kier alpha value is -1.47. The second-order valence-electron chi connectivity index (χ2n) is 5.21. The molecule has 0 amide bonds. The van der Waals surface area contributed by atoms with E-state index in [4.69, 9.17) is 16.3 Å². The first-order chi connectivity index (χ1) is 10.2. The summed E-state index contributed by atoms with van der Waals surface area (Å²) in [4.78, 5) is 0. The van der Waals surface area contributed by atoms with Crippen LogP contribution in [-0.4, -0.2) is 6.61 Å². The van der Waals surface area contributed by atoms with Crippen molar-refractivity contribution >= 4 is 11.6 Å². The highest BCUT2D eigenvalue weighted by Gasteiger charge is 2.14. The van der Waals surface area contributed by atoms with Gasteiger partial charge in [-0.3, -0.25) is 0 Å². The van der Waals surface area contributed by atoms with Gasteiger partial charge in [-0.1, -0.05) is 43.6 Å². The van der Waals surface area contributed by atoms with E-state index < -0.39 is 0 Å². The van der Waals surface area contributed by atoms with Gasteiger partial charge in [0.2, 0.25) is 0 Å². The summed E-state index contributed by atoms with van der Waals surface area (Å²) in [5.74, 6) is 1.47. The molecule has 21 heavy (non-hydrogen) atoms. The van der Waals surface area contributed by atoms with Crippen LogP contribution in [0.25, 0.3) is 11.1 Å². The van der Waals surface area contributed by atoms with E-state index in [0.717, 1.165) is 23.6 Å². The van der Waals surface area contributed by atoms with E-state index in [2.05, 4.69) is 38.1 Å². The van der Waals surface area contributed by atoms with Crippen molar-refractivity contribution in [3.63, 3.8) is 0 Å². The predicted molar refractivity (Wildman–Crippen MR) is 91.4 cm³/mol. The number of hydrogen-bond acceptors (Lipinski definition) is 1. The molecule has 0 bridgehead atoms. The second-order valence-corrected chi connectivity index (χ2v) is 5.64. The van der Waals surface area contributed by atoms with Crippen LogP contribution in [0, 0.1) is 0 Å². The number of benzene rings is 2. The maximum Gasteiger partial charge on any atom is 0.119 e. The molecule has 0 spiro atoms. The smallest absolute Gasteiger partial charge is 0.119 e. The molecule has 112 valence electrons. The Morgan fingerprint density at radius 1 is 1.00 bits per heavy atom. The van der Waals surface area contributed by atoms with Crippen molar-refractivity contribution in [3.05, 3.63) is 53.1 Å². The lowest BCUT2D eigenvalue weighted by Crippen LogP contribution is -1.99. The van der Waals surface area contributed by atoms with Crippen molar-refractivity contribution in [1.82, 2.24) is 0 Å². The summed E-state index contributed by atoms with van der Waals surface area (Å²) in [6, 6.07) is 14.5. The fourth-order valence-corrected chi connectivity index (χ4v) is 2.96. The Kier molecular flexibility index (Phi) is 5.69. The van der Waals surface area contributed by atoms with E-state index >= 15 is 0 Å². The normalized spacial score (nSPS) is 10.9. The lowest BCUT2D eigenvalue weighted by Gasteiger charge is -2.18. The van der Waals surface area contributed by atoms with Crippen LogP contribution in [-0.2, 0) is 0 Å². The summed E-state index contributed by atoms with van der Waals surface area (Å²) in [5.41, 5.74) is 3.76. The number of halogens is 1. The topological polar surface area (TPSA) is 9.23 Å². The van der Waals surface area contributed by atoms with Crippen molar-refractivity contribution in [2.75, 3.05) is 6.61 Å². The molecule has 0 radical (unpaired) electrons. The summed E-state index contributed by atoms with van der Waals surface area (Å²) in [6.07, 6.45) is 2.27. The molecule has 0 aromatic heterocycles. The highest BCUT2D eigenvalue weighted by molar-refractivity contribution is 6.30. The third-order valence-corrected chi connectivity index (χ3v) is 4.13. The quantitative estimate of drug-likeness (QED) is 0.607. The Balaban J connectivity index is 2.51. The van der Waals surface area contributed by atoms with Crippen LogP contribution in [0.4, 0.5) is 0 Å². The molecule has 0 atom stereocenters. The van der Waals surface area contributed by atoms with E-state index in [0.29, 0.717) is 12.5 Å². The zero-order chi connectivity index (χ0) is 15.2. The summed E-state index contributed by atoms with van der Waals surface area (Å²) >= 11 is 6.23. The van der Waals surface area contributed by atoms with Crippen LogP contribution in [0.15, 0.2) is 42.5 Å². The first kappa shape index (κ1) is 15.9. The standard InChI is InChI=1S/C19H23ClO/c1-4-14(5-2)18-11-10-16(20)13-19(18)15-8-7-9-17(12-15)21-6-3/h7-14H,4-6H2,1-3H3. The van der Waals surface area contributed by atoms with Crippen molar-refractivity contribution < 1.29 is 4.74 Å². The summed E-state index contributed by atoms with van der Waals surface area (Å²) in [7, 11) is 0. The van der Waals surface area contributed by atoms with Crippen LogP contribution in [0.1, 0.15) is 45.1 Å². The number of rotatable bonds is 6. The summed E-state index contributed by atoms with van der Waals surface area (Å²) < 4.78 is 5.62. The third kappa shape index (κ3) is 3.79. The molecule has 0 saturated carbocycles. The van der Waals surface area contributed by atoms with Crippen molar-refractivity contribution in [1.29, 1.82) is 0 Å². The van der Waals surface area contributed by atoms with Crippen LogP contribution in [0.5, 0.6) is 5.75 Å². The SMILES string of the molecule is CCOc1cccc(-c2cc(Cl)ccc2C(CC)CC)c1. The number of hydrogen-bond donors (Lipinski definition) is 0. The fourth-order valence-electron chi connectivity index (χ4n) is 2.78. The largest absolute Gasteiger partial charge is 0.494 e. The van der Waals surface area contributed by atoms with Gasteiger partial charge in [0.1, 0.15) is 5.75 Å². The third-order valence-electron chi connectivity index (χ3n) is 3.90. The molecule has 0 aliphatic rings. The molecule has 0 heterocycles. The monoisotopic (exact) mass is 302 g/mol. The zero-order valence-corrected chi connectivity index (χ0v) is 13.8. The maximum absolute atomic E-state index is 6.23. The second kappa shape index (κ2) is 7.51. The molecule has 2 aromatic carbocycles. The maximum atomic E-state index is 6.23. The molecule has 0 aliphatic carbocycles. The van der Waals surface area contributed by atoms with E-state index in [-0.39, 0.29) is 0 Å². The fraction of sp³-hybridized carbons (Fsp3) is 0.368. The van der Waals surface area contributed by atoms with Gasteiger partial charge < -0.3 is 4.74 Å². The molecule has 1 nitrogen and oxygen atoms in total. The minimum absolute atomic E-state index is 0.563. The average molecular weight is 303 g/mol. The van der Waals surface area contributed by atoms with Gasteiger partial charge in [-0.15, -0.1) is 0 Å². The van der Waals surface area contributed by atoms with Gasteiger partial charge in [-0.25, -0.2) is 0 Å². The van der Waals surface area contributed by atoms with E-state index in [1.165, 1.54) is 16.7 Å². The van der Waals surface area contributed by atoms with E-state index in [1.54, 1.807) is 0 Å². The van der Waals surface area contributed by atoms with Crippen LogP contribution < -0.4 is 4.74 Å². The molecular formula is C19H23ClO. The molecule has 2 aromatic rings.